The third kappa shape index (κ3) is 1.58. The maximum Gasteiger partial charge on any atom is 0.113 e. The van der Waals surface area contributed by atoms with Crippen molar-refractivity contribution >= 4 is 0 Å². The van der Waals surface area contributed by atoms with Gasteiger partial charge in [-0.3, -0.25) is 0 Å². The monoisotopic (exact) mass is 179 g/mol. The van der Waals surface area contributed by atoms with Crippen LogP contribution < -0.4 is 5.11 Å². The largest absolute Gasteiger partial charge is 0.829 e. The minimum atomic E-state index is -1.76. The summed E-state index contributed by atoms with van der Waals surface area (Å²) in [6.45, 7) is -0.624. The average Bonchev–Trinajstić information content (AvgIpc) is 2.32. The molecule has 1 rings (SSSR count). The highest BCUT2D eigenvalue weighted by atomic mass is 16.6. The molecule has 5 atom stereocenters. The van der Waals surface area contributed by atoms with Gasteiger partial charge in [-0.2, -0.15) is 0 Å². The first-order valence-electron chi connectivity index (χ1n) is 3.54. The van der Waals surface area contributed by atoms with E-state index in [9.17, 15) is 5.11 Å². The van der Waals surface area contributed by atoms with Crippen molar-refractivity contribution in [3.05, 3.63) is 0 Å². The van der Waals surface area contributed by atoms with E-state index in [0.29, 0.717) is 0 Å². The second kappa shape index (κ2) is 3.65. The van der Waals surface area contributed by atoms with Crippen molar-refractivity contribution in [2.45, 2.75) is 30.7 Å². The van der Waals surface area contributed by atoms with E-state index in [0.717, 1.165) is 0 Å². The van der Waals surface area contributed by atoms with Crippen LogP contribution in [-0.2, 0) is 4.74 Å². The lowest BCUT2D eigenvalue weighted by Crippen LogP contribution is -2.41. The fraction of sp³-hybridized carbons (Fsp3) is 1.00. The minimum absolute atomic E-state index is 0.624. The summed E-state index contributed by atoms with van der Waals surface area (Å²) in [5.74, 6) is 0. The van der Waals surface area contributed by atoms with Crippen LogP contribution >= 0.6 is 0 Å². The Morgan fingerprint density at radius 1 is 1.33 bits per heavy atom. The van der Waals surface area contributed by atoms with Gasteiger partial charge in [0.25, 0.3) is 0 Å². The number of hydrogen-bond acceptors (Lipinski definition) is 6. The molecule has 0 radical (unpaired) electrons. The molecule has 0 aromatic rings. The van der Waals surface area contributed by atoms with Gasteiger partial charge in [0, 0.05) is 6.29 Å². The van der Waals surface area contributed by atoms with Gasteiger partial charge in [0.15, 0.2) is 0 Å². The van der Waals surface area contributed by atoms with Gasteiger partial charge in [0.05, 0.1) is 12.7 Å². The van der Waals surface area contributed by atoms with E-state index in [-0.39, 0.29) is 0 Å². The molecule has 1 aliphatic heterocycles. The minimum Gasteiger partial charge on any atom is -0.829 e. The average molecular weight is 179 g/mol. The SMILES string of the molecule is [O-]C1OC(C(O)CO)C(O)C1O. The zero-order chi connectivity index (χ0) is 9.30. The van der Waals surface area contributed by atoms with Gasteiger partial charge in [-0.25, -0.2) is 0 Å². The third-order valence-corrected chi connectivity index (χ3v) is 1.82. The Labute approximate surface area is 68.6 Å². The highest BCUT2D eigenvalue weighted by Crippen LogP contribution is 2.20. The summed E-state index contributed by atoms with van der Waals surface area (Å²) in [7, 11) is 0. The Hall–Kier alpha value is -0.240. The molecule has 1 fully saturated rings. The number of aliphatic hydroxyl groups is 4. The van der Waals surface area contributed by atoms with Crippen LogP contribution in [0.2, 0.25) is 0 Å². The molecule has 1 heterocycles. The Morgan fingerprint density at radius 3 is 2.25 bits per heavy atom. The first-order chi connectivity index (χ1) is 5.57. The van der Waals surface area contributed by atoms with Gasteiger partial charge in [0.2, 0.25) is 0 Å². The summed E-state index contributed by atoms with van der Waals surface area (Å²) >= 11 is 0. The zero-order valence-corrected chi connectivity index (χ0v) is 6.20. The summed E-state index contributed by atoms with van der Waals surface area (Å²) in [5, 5.41) is 46.1. The maximum absolute atomic E-state index is 10.7. The van der Waals surface area contributed by atoms with Crippen LogP contribution in [0, 0.1) is 0 Å². The lowest BCUT2D eigenvalue weighted by atomic mass is 10.1. The fourth-order valence-corrected chi connectivity index (χ4v) is 1.09. The second-order valence-electron chi connectivity index (χ2n) is 2.70. The van der Waals surface area contributed by atoms with Crippen LogP contribution in [0.4, 0.5) is 0 Å². The van der Waals surface area contributed by atoms with E-state index in [2.05, 4.69) is 4.74 Å². The van der Waals surface area contributed by atoms with E-state index >= 15 is 0 Å². The van der Waals surface area contributed by atoms with Gasteiger partial charge >= 0.3 is 0 Å². The molecule has 0 aromatic carbocycles. The molecule has 12 heavy (non-hydrogen) atoms. The van der Waals surface area contributed by atoms with E-state index < -0.39 is 37.3 Å². The quantitative estimate of drug-likeness (QED) is 0.345. The van der Waals surface area contributed by atoms with Crippen LogP contribution in [-0.4, -0.2) is 57.7 Å². The molecular weight excluding hydrogens is 168 g/mol. The lowest BCUT2D eigenvalue weighted by Gasteiger charge is -2.20. The van der Waals surface area contributed by atoms with Crippen LogP contribution in [0.25, 0.3) is 0 Å². The van der Waals surface area contributed by atoms with Gasteiger partial charge in [0.1, 0.15) is 18.3 Å². The van der Waals surface area contributed by atoms with Gasteiger partial charge in [-0.15, -0.1) is 0 Å². The Balaban J connectivity index is 2.58. The number of aliphatic hydroxyl groups excluding tert-OH is 4. The smallest absolute Gasteiger partial charge is 0.113 e. The van der Waals surface area contributed by atoms with Crippen LogP contribution in [0.5, 0.6) is 0 Å². The van der Waals surface area contributed by atoms with Crippen LogP contribution in [0.1, 0.15) is 0 Å². The molecular formula is C6H11O6-. The molecule has 4 N–H and O–H groups in total. The molecule has 0 aliphatic carbocycles. The molecule has 0 amide bonds. The van der Waals surface area contributed by atoms with Gasteiger partial charge in [-0.05, 0) is 0 Å². The summed E-state index contributed by atoms with van der Waals surface area (Å²) in [4.78, 5) is 0. The molecule has 0 bridgehead atoms. The Bertz CT molecular complexity index is 151. The first-order valence-corrected chi connectivity index (χ1v) is 3.54. The Morgan fingerprint density at radius 2 is 1.92 bits per heavy atom. The van der Waals surface area contributed by atoms with Gasteiger partial charge < -0.3 is 30.3 Å². The number of hydrogen-bond donors (Lipinski definition) is 4. The van der Waals surface area contributed by atoms with Gasteiger partial charge in [-0.1, -0.05) is 0 Å². The summed E-state index contributed by atoms with van der Waals surface area (Å²) in [6.07, 6.45) is -7.28. The number of ether oxygens (including phenoxy) is 1. The predicted molar refractivity (Wildman–Crippen MR) is 33.8 cm³/mol. The molecule has 0 saturated carbocycles. The molecule has 72 valence electrons. The van der Waals surface area contributed by atoms with Crippen molar-refractivity contribution < 1.29 is 30.3 Å². The lowest BCUT2D eigenvalue weighted by molar-refractivity contribution is -0.499. The summed E-state index contributed by atoms with van der Waals surface area (Å²) in [6, 6.07) is 0. The fourth-order valence-electron chi connectivity index (χ4n) is 1.09. The zero-order valence-electron chi connectivity index (χ0n) is 6.20. The summed E-state index contributed by atoms with van der Waals surface area (Å²) in [5.41, 5.74) is 0. The molecule has 5 unspecified atom stereocenters. The third-order valence-electron chi connectivity index (χ3n) is 1.82. The molecule has 6 nitrogen and oxygen atoms in total. The van der Waals surface area contributed by atoms with E-state index in [1.807, 2.05) is 0 Å². The molecule has 1 saturated heterocycles. The highest BCUT2D eigenvalue weighted by molar-refractivity contribution is 4.89. The first kappa shape index (κ1) is 9.85. The van der Waals surface area contributed by atoms with Crippen molar-refractivity contribution in [3.8, 4) is 0 Å². The Kier molecular flexibility index (Phi) is 2.99. The summed E-state index contributed by atoms with van der Waals surface area (Å²) < 4.78 is 4.47. The van der Waals surface area contributed by atoms with Crippen molar-refractivity contribution in [2.75, 3.05) is 6.61 Å². The number of rotatable bonds is 2. The topological polar surface area (TPSA) is 113 Å². The predicted octanol–water partition coefficient (Wildman–Crippen LogP) is -3.85. The molecule has 6 heteroatoms. The molecule has 0 aromatic heterocycles. The highest BCUT2D eigenvalue weighted by Gasteiger charge is 2.40. The van der Waals surface area contributed by atoms with E-state index in [4.69, 9.17) is 20.4 Å². The van der Waals surface area contributed by atoms with E-state index in [1.54, 1.807) is 0 Å². The van der Waals surface area contributed by atoms with Crippen molar-refractivity contribution in [3.63, 3.8) is 0 Å². The second-order valence-corrected chi connectivity index (χ2v) is 2.70. The normalized spacial score (nSPS) is 44.8. The van der Waals surface area contributed by atoms with Crippen LogP contribution in [0.15, 0.2) is 0 Å². The molecule has 0 spiro atoms. The van der Waals surface area contributed by atoms with Crippen molar-refractivity contribution in [1.29, 1.82) is 0 Å². The molecule has 1 aliphatic rings. The van der Waals surface area contributed by atoms with E-state index in [1.165, 1.54) is 0 Å². The van der Waals surface area contributed by atoms with Crippen molar-refractivity contribution in [1.82, 2.24) is 0 Å². The van der Waals surface area contributed by atoms with Crippen LogP contribution in [0.3, 0.4) is 0 Å². The maximum atomic E-state index is 10.7. The van der Waals surface area contributed by atoms with Crippen molar-refractivity contribution in [2.24, 2.45) is 0 Å². The standard InChI is InChI=1S/C6H11O6/c7-1-2(8)5-3(9)4(10)6(11)12-5/h2-10H,1H2/q-1.